The van der Waals surface area contributed by atoms with E-state index < -0.39 is 0 Å². The van der Waals surface area contributed by atoms with E-state index in [1.807, 2.05) is 31.2 Å². The third-order valence-corrected chi connectivity index (χ3v) is 3.76. The van der Waals surface area contributed by atoms with Crippen molar-refractivity contribution in [3.8, 4) is 0 Å². The van der Waals surface area contributed by atoms with Crippen LogP contribution < -0.4 is 10.6 Å². The Balaban J connectivity index is 2.59. The van der Waals surface area contributed by atoms with Crippen molar-refractivity contribution in [2.45, 2.75) is 46.5 Å². The van der Waals surface area contributed by atoms with Crippen molar-refractivity contribution < 1.29 is 4.79 Å². The number of benzene rings is 1. The number of hydrogen-bond donors (Lipinski definition) is 1. The molecule has 3 nitrogen and oxygen atoms in total. The number of urea groups is 1. The fourth-order valence-electron chi connectivity index (χ4n) is 2.33. The molecule has 0 saturated carbocycles. The Morgan fingerprint density at radius 3 is 2.26 bits per heavy atom. The van der Waals surface area contributed by atoms with Crippen molar-refractivity contribution >= 4 is 11.7 Å². The van der Waals surface area contributed by atoms with Gasteiger partial charge >= 0.3 is 6.03 Å². The lowest BCUT2D eigenvalue weighted by molar-refractivity contribution is 0.253. The van der Waals surface area contributed by atoms with Crippen molar-refractivity contribution in [2.75, 3.05) is 11.4 Å². The Labute approximate surface area is 116 Å². The zero-order chi connectivity index (χ0) is 14.3. The van der Waals surface area contributed by atoms with E-state index >= 15 is 0 Å². The number of nitrogens with zero attached hydrogens (tertiary/aromatic N) is 1. The maximum atomic E-state index is 11.5. The molecule has 3 heteroatoms. The smallest absolute Gasteiger partial charge is 0.319 e. The normalized spacial score (nSPS) is 10.7. The average molecular weight is 262 g/mol. The molecule has 2 amide bonds. The molecule has 0 radical (unpaired) electrons. The van der Waals surface area contributed by atoms with E-state index in [0.29, 0.717) is 6.54 Å². The van der Waals surface area contributed by atoms with Crippen LogP contribution in [0.15, 0.2) is 24.3 Å². The molecule has 0 bridgehead atoms. The van der Waals surface area contributed by atoms with Gasteiger partial charge in [0.05, 0.1) is 0 Å². The fourth-order valence-corrected chi connectivity index (χ4v) is 2.33. The standard InChI is InChI=1S/C16H26N2O/c1-4-14(5-2)7-6-12-18(16(17)19)15-10-8-13(3)9-11-15/h8-11,14H,4-7,12H2,1-3H3,(H2,17,19). The minimum Gasteiger partial charge on any atom is -0.351 e. The summed E-state index contributed by atoms with van der Waals surface area (Å²) in [6, 6.07) is 7.56. The van der Waals surface area contributed by atoms with Gasteiger partial charge in [-0.3, -0.25) is 4.90 Å². The molecule has 106 valence electrons. The summed E-state index contributed by atoms with van der Waals surface area (Å²) in [7, 11) is 0. The Kier molecular flexibility index (Phi) is 6.40. The van der Waals surface area contributed by atoms with Crippen LogP contribution in [0.2, 0.25) is 0 Å². The largest absolute Gasteiger partial charge is 0.351 e. The van der Waals surface area contributed by atoms with Crippen molar-refractivity contribution in [3.05, 3.63) is 29.8 Å². The van der Waals surface area contributed by atoms with E-state index in [2.05, 4.69) is 13.8 Å². The highest BCUT2D eigenvalue weighted by Gasteiger charge is 2.12. The van der Waals surface area contributed by atoms with Crippen LogP contribution in [0.5, 0.6) is 0 Å². The third-order valence-electron chi connectivity index (χ3n) is 3.76. The number of rotatable bonds is 7. The second-order valence-electron chi connectivity index (χ2n) is 5.15. The van der Waals surface area contributed by atoms with Crippen LogP contribution in [-0.2, 0) is 0 Å². The molecule has 1 aromatic carbocycles. The molecule has 2 N–H and O–H groups in total. The topological polar surface area (TPSA) is 46.3 Å². The van der Waals surface area contributed by atoms with Crippen LogP contribution in [0, 0.1) is 12.8 Å². The lowest BCUT2D eigenvalue weighted by Gasteiger charge is -2.22. The Morgan fingerprint density at radius 2 is 1.79 bits per heavy atom. The quantitative estimate of drug-likeness (QED) is 0.790. The maximum absolute atomic E-state index is 11.5. The number of primary amides is 1. The molecule has 0 heterocycles. The summed E-state index contributed by atoms with van der Waals surface area (Å²) in [5.41, 5.74) is 7.55. The first-order valence-electron chi connectivity index (χ1n) is 7.22. The van der Waals surface area contributed by atoms with Gasteiger partial charge < -0.3 is 5.73 Å². The first-order valence-corrected chi connectivity index (χ1v) is 7.22. The number of aryl methyl sites for hydroxylation is 1. The predicted octanol–water partition coefficient (Wildman–Crippen LogP) is 4.10. The molecule has 0 aliphatic heterocycles. The molecule has 0 atom stereocenters. The number of amides is 2. The lowest BCUT2D eigenvalue weighted by Crippen LogP contribution is -2.36. The predicted molar refractivity (Wildman–Crippen MR) is 81.4 cm³/mol. The fraction of sp³-hybridized carbons (Fsp3) is 0.562. The van der Waals surface area contributed by atoms with Gasteiger partial charge in [-0.2, -0.15) is 0 Å². The second-order valence-corrected chi connectivity index (χ2v) is 5.15. The van der Waals surface area contributed by atoms with Gasteiger partial charge in [0.15, 0.2) is 0 Å². The lowest BCUT2D eigenvalue weighted by atomic mass is 9.97. The highest BCUT2D eigenvalue weighted by molar-refractivity contribution is 5.90. The van der Waals surface area contributed by atoms with Crippen LogP contribution in [0.4, 0.5) is 10.5 Å². The zero-order valence-corrected chi connectivity index (χ0v) is 12.4. The molecular formula is C16H26N2O. The monoisotopic (exact) mass is 262 g/mol. The van der Waals surface area contributed by atoms with E-state index in [1.165, 1.54) is 18.4 Å². The summed E-state index contributed by atoms with van der Waals surface area (Å²) in [6.07, 6.45) is 4.57. The van der Waals surface area contributed by atoms with Gasteiger partial charge in [-0.05, 0) is 37.8 Å². The molecule has 0 fully saturated rings. The van der Waals surface area contributed by atoms with Gasteiger partial charge in [-0.25, -0.2) is 4.79 Å². The molecule has 0 unspecified atom stereocenters. The van der Waals surface area contributed by atoms with E-state index in [4.69, 9.17) is 5.73 Å². The number of hydrogen-bond acceptors (Lipinski definition) is 1. The van der Waals surface area contributed by atoms with Crippen LogP contribution in [0.1, 0.15) is 45.1 Å². The molecule has 19 heavy (non-hydrogen) atoms. The summed E-state index contributed by atoms with van der Waals surface area (Å²) in [5.74, 6) is 0.757. The van der Waals surface area contributed by atoms with E-state index in [1.54, 1.807) is 4.90 Å². The zero-order valence-electron chi connectivity index (χ0n) is 12.4. The van der Waals surface area contributed by atoms with Gasteiger partial charge in [0, 0.05) is 12.2 Å². The van der Waals surface area contributed by atoms with Gasteiger partial charge in [0.25, 0.3) is 0 Å². The number of anilines is 1. The van der Waals surface area contributed by atoms with Crippen LogP contribution in [0.3, 0.4) is 0 Å². The Hall–Kier alpha value is -1.51. The summed E-state index contributed by atoms with van der Waals surface area (Å²) >= 11 is 0. The van der Waals surface area contributed by atoms with Crippen LogP contribution in [0.25, 0.3) is 0 Å². The van der Waals surface area contributed by atoms with E-state index in [0.717, 1.165) is 24.4 Å². The average Bonchev–Trinajstić information content (AvgIpc) is 2.40. The SMILES string of the molecule is CCC(CC)CCCN(C(N)=O)c1ccc(C)cc1. The van der Waals surface area contributed by atoms with Gasteiger partial charge in [0.1, 0.15) is 0 Å². The molecule has 0 spiro atoms. The molecule has 1 aromatic rings. The van der Waals surface area contributed by atoms with Gasteiger partial charge in [-0.15, -0.1) is 0 Å². The maximum Gasteiger partial charge on any atom is 0.319 e. The molecular weight excluding hydrogens is 236 g/mol. The summed E-state index contributed by atoms with van der Waals surface area (Å²) in [5, 5.41) is 0. The molecule has 0 saturated heterocycles. The van der Waals surface area contributed by atoms with Crippen LogP contribution >= 0.6 is 0 Å². The van der Waals surface area contributed by atoms with Crippen molar-refractivity contribution in [2.24, 2.45) is 11.7 Å². The van der Waals surface area contributed by atoms with Gasteiger partial charge in [-0.1, -0.05) is 44.4 Å². The first kappa shape index (κ1) is 15.5. The molecule has 1 rings (SSSR count). The summed E-state index contributed by atoms with van der Waals surface area (Å²) in [6.45, 7) is 7.18. The van der Waals surface area contributed by atoms with Gasteiger partial charge in [0.2, 0.25) is 0 Å². The highest BCUT2D eigenvalue weighted by Crippen LogP contribution is 2.18. The second kappa shape index (κ2) is 7.82. The molecule has 0 aromatic heterocycles. The first-order chi connectivity index (χ1) is 9.08. The number of carbonyl (C=O) groups is 1. The van der Waals surface area contributed by atoms with Crippen LogP contribution in [-0.4, -0.2) is 12.6 Å². The molecule has 0 aliphatic rings. The minimum atomic E-state index is -0.367. The summed E-state index contributed by atoms with van der Waals surface area (Å²) < 4.78 is 0. The summed E-state index contributed by atoms with van der Waals surface area (Å²) in [4.78, 5) is 13.2. The number of nitrogens with two attached hydrogens (primary N) is 1. The van der Waals surface area contributed by atoms with Crippen molar-refractivity contribution in [3.63, 3.8) is 0 Å². The van der Waals surface area contributed by atoms with Crippen molar-refractivity contribution in [1.82, 2.24) is 0 Å². The Bertz CT molecular complexity index is 382. The van der Waals surface area contributed by atoms with E-state index in [9.17, 15) is 4.79 Å². The number of carbonyl (C=O) groups excluding carboxylic acids is 1. The molecule has 0 aliphatic carbocycles. The highest BCUT2D eigenvalue weighted by atomic mass is 16.2. The Morgan fingerprint density at radius 1 is 1.21 bits per heavy atom. The van der Waals surface area contributed by atoms with Crippen molar-refractivity contribution in [1.29, 1.82) is 0 Å². The van der Waals surface area contributed by atoms with E-state index in [-0.39, 0.29) is 6.03 Å². The third kappa shape index (κ3) is 4.93. The minimum absolute atomic E-state index is 0.367.